The molecule has 0 aromatic heterocycles. The van der Waals surface area contributed by atoms with Gasteiger partial charge in [-0.15, -0.1) is 0 Å². The van der Waals surface area contributed by atoms with Crippen LogP contribution in [0, 0.1) is 0 Å². The van der Waals surface area contributed by atoms with Crippen molar-refractivity contribution in [3.05, 3.63) is 0 Å². The molecule has 0 aliphatic heterocycles. The number of hydrogen-bond donors (Lipinski definition) is 5. The Morgan fingerprint density at radius 1 is 0.600 bits per heavy atom. The summed E-state index contributed by atoms with van der Waals surface area (Å²) >= 11 is 0. The molecule has 0 saturated heterocycles. The second kappa shape index (κ2) is 178. The number of rotatable bonds is 0. The Balaban J connectivity index is -0.0000000107. The Labute approximate surface area is 80.1 Å². The molecule has 0 aromatic carbocycles. The summed E-state index contributed by atoms with van der Waals surface area (Å²) < 4.78 is 0. The Morgan fingerprint density at radius 3 is 0.600 bits per heavy atom. The van der Waals surface area contributed by atoms with Crippen molar-refractivity contribution in [1.82, 2.24) is 0 Å². The Kier molecular flexibility index (Phi) is 561. The second-order valence-electron chi connectivity index (χ2n) is 0.356. The van der Waals surface area contributed by atoms with Crippen molar-refractivity contribution in [2.75, 3.05) is 0 Å². The molecule has 0 rings (SSSR count). The third kappa shape index (κ3) is 4840. The predicted molar refractivity (Wildman–Crippen MR) is 35.8 cm³/mol. The monoisotopic (exact) mass is 255 g/mol. The van der Waals surface area contributed by atoms with Crippen molar-refractivity contribution < 1.29 is 78.6 Å². The average molecular weight is 255 g/mol. The molecule has 0 radical (unpaired) electrons. The van der Waals surface area contributed by atoms with Crippen molar-refractivity contribution in [3.8, 4) is 0 Å². The molecule has 0 aliphatic rings. The van der Waals surface area contributed by atoms with Crippen molar-refractivity contribution in [1.29, 1.82) is 0 Å². The highest BCUT2D eigenvalue weighted by atomic mass is 17.4. The fourth-order valence-corrected chi connectivity index (χ4v) is 0. The fourth-order valence-electron chi connectivity index (χ4n) is 0. The van der Waals surface area contributed by atoms with Gasteiger partial charge in [-0.3, -0.25) is 0 Å². The fraction of sp³-hybridized carbons (Fsp3) is 0. The molecule has 15 nitrogen and oxygen atoms in total. The summed E-state index contributed by atoms with van der Waals surface area (Å²) in [5.41, 5.74) is 0. The van der Waals surface area contributed by atoms with Crippen molar-refractivity contribution in [3.63, 3.8) is 0 Å². The van der Waals surface area contributed by atoms with Gasteiger partial charge in [0, 0.05) is 0 Å². The zero-order chi connectivity index (χ0) is 10.8. The SMILES string of the molecule is O.OOO.OO[OH2+].OO[OH2+].OO[OH2+].[OH-].[OH-]. The van der Waals surface area contributed by atoms with E-state index in [0.717, 1.165) is 0 Å². The van der Waals surface area contributed by atoms with Gasteiger partial charge in [0.2, 0.25) is 0 Å². The van der Waals surface area contributed by atoms with Crippen LogP contribution in [0.3, 0.4) is 0 Å². The van der Waals surface area contributed by atoms with Crippen LogP contribution < -0.4 is 0 Å². The maximum Gasteiger partial charge on any atom is 0.0663 e. The highest BCUT2D eigenvalue weighted by molar-refractivity contribution is 2.38. The van der Waals surface area contributed by atoms with Crippen molar-refractivity contribution >= 4 is 0 Å². The van der Waals surface area contributed by atoms with E-state index in [2.05, 4.69) is 20.2 Å². The van der Waals surface area contributed by atoms with Gasteiger partial charge in [-0.2, -0.15) is 15.8 Å². The molecule has 15 heavy (non-hydrogen) atoms. The van der Waals surface area contributed by atoms with Crippen LogP contribution in [0.4, 0.5) is 0 Å². The quantitative estimate of drug-likeness (QED) is 0.158. The maximum atomic E-state index is 6.74. The zero-order valence-corrected chi connectivity index (χ0v) is 6.76. The van der Waals surface area contributed by atoms with Crippen LogP contribution in [0.15, 0.2) is 0 Å². The van der Waals surface area contributed by atoms with Gasteiger partial charge in [0.1, 0.15) is 0 Å². The summed E-state index contributed by atoms with van der Waals surface area (Å²) in [6.07, 6.45) is 0. The van der Waals surface area contributed by atoms with Gasteiger partial charge in [-0.1, -0.05) is 5.04 Å². The zero-order valence-electron chi connectivity index (χ0n) is 6.76. The summed E-state index contributed by atoms with van der Waals surface area (Å²) in [6, 6.07) is 0. The van der Waals surface area contributed by atoms with Crippen LogP contribution in [0.5, 0.6) is 0 Å². The van der Waals surface area contributed by atoms with Gasteiger partial charge in [0.15, 0.2) is 0 Å². The first-order chi connectivity index (χ1) is 5.66. The Bertz CT molecular complexity index is 8.00. The lowest BCUT2D eigenvalue weighted by atomic mass is 14.6. The molecule has 0 atom stereocenters. The van der Waals surface area contributed by atoms with Crippen LogP contribution in [-0.4, -0.2) is 58.5 Å². The smallest absolute Gasteiger partial charge is 0.0663 e. The minimum Gasteiger partial charge on any atom is -0.870 e. The summed E-state index contributed by atoms with van der Waals surface area (Å²) in [5, 5.41) is 59.0. The van der Waals surface area contributed by atoms with Gasteiger partial charge < -0.3 is 16.4 Å². The maximum absolute atomic E-state index is 6.74. The third-order valence-electron chi connectivity index (χ3n) is 0. The summed E-state index contributed by atoms with van der Waals surface area (Å²) in [4.78, 5) is 0. The highest BCUT2D eigenvalue weighted by Gasteiger charge is 1.36. The molecule has 0 saturated carbocycles. The van der Waals surface area contributed by atoms with Crippen LogP contribution in [-0.2, 0) is 20.2 Å². The standard InChI is InChI=1S/4H2O3.3H2O/c4*1-3-2;;;/h4*1-2H;3*1H2/p+1. The molecule has 0 spiro atoms. The molecule has 0 aliphatic carbocycles. The van der Waals surface area contributed by atoms with Gasteiger partial charge in [0.25, 0.3) is 0 Å². The van der Waals surface area contributed by atoms with Crippen molar-refractivity contribution in [2.45, 2.75) is 0 Å². The topological polar surface area (TPSA) is 298 Å². The van der Waals surface area contributed by atoms with Crippen LogP contribution >= 0.6 is 0 Å². The molecule has 104 valence electrons. The van der Waals surface area contributed by atoms with Crippen LogP contribution in [0.25, 0.3) is 0 Å². The molecule has 0 heterocycles. The van der Waals surface area contributed by atoms with E-state index in [1.54, 1.807) is 0 Å². The van der Waals surface area contributed by atoms with E-state index < -0.39 is 0 Å². The first-order valence-corrected chi connectivity index (χ1v) is 1.53. The third-order valence-corrected chi connectivity index (χ3v) is 0. The van der Waals surface area contributed by atoms with E-state index in [9.17, 15) is 0 Å². The molecule has 0 unspecified atom stereocenters. The molecule has 0 fully saturated rings. The minimum absolute atomic E-state index is 0. The molecule has 15 N–H and O–H groups in total. The average Bonchev–Trinajstić information content (AvgIpc) is 1.92. The molecule has 15 heteroatoms. The molecule has 0 bridgehead atoms. The summed E-state index contributed by atoms with van der Waals surface area (Å²) in [6.45, 7) is 0. The Hall–Kier alpha value is -0.600. The Morgan fingerprint density at radius 2 is 0.600 bits per heavy atom. The van der Waals surface area contributed by atoms with E-state index in [1.807, 2.05) is 0 Å². The second-order valence-corrected chi connectivity index (χ2v) is 0.356. The van der Waals surface area contributed by atoms with Crippen LogP contribution in [0.1, 0.15) is 0 Å². The van der Waals surface area contributed by atoms with E-state index in [-0.39, 0.29) is 16.4 Å². The lowest BCUT2D eigenvalue weighted by Gasteiger charge is -1.56. The summed E-state index contributed by atoms with van der Waals surface area (Å²) in [5.74, 6) is 0. The largest absolute Gasteiger partial charge is 0.870 e. The minimum atomic E-state index is 0. The van der Waals surface area contributed by atoms with E-state index in [0.29, 0.717) is 0 Å². The molecule has 0 amide bonds. The van der Waals surface area contributed by atoms with Crippen molar-refractivity contribution in [2.24, 2.45) is 0 Å². The normalized spacial score (nSPS) is 4.80. The van der Waals surface area contributed by atoms with E-state index >= 15 is 0 Å². The van der Waals surface area contributed by atoms with Gasteiger partial charge in [-0.05, 0) is 0 Å². The van der Waals surface area contributed by atoms with Gasteiger partial charge in [0.05, 0.1) is 15.1 Å². The van der Waals surface area contributed by atoms with E-state index in [1.165, 1.54) is 0 Å². The van der Waals surface area contributed by atoms with Crippen LogP contribution in [0.2, 0.25) is 0 Å². The first-order valence-electron chi connectivity index (χ1n) is 1.53. The predicted octanol–water partition coefficient (Wildman–Crippen LogP) is -3.88. The highest BCUT2D eigenvalue weighted by Crippen LogP contribution is 1.25. The summed E-state index contributed by atoms with van der Waals surface area (Å²) in [7, 11) is 0. The van der Waals surface area contributed by atoms with Gasteiger partial charge in [-0.25, -0.2) is 26.3 Å². The first kappa shape index (κ1) is 47.2. The lowest BCUT2D eigenvalue weighted by Crippen LogP contribution is -1.60. The molecule has 0 aromatic rings. The van der Waals surface area contributed by atoms with E-state index in [4.69, 9.17) is 42.1 Å². The lowest BCUT2D eigenvalue weighted by molar-refractivity contribution is -0.465. The van der Waals surface area contributed by atoms with Gasteiger partial charge >= 0.3 is 0 Å². The molecular weight excluding hydrogens is 240 g/mol. The molecular formula is H15O15+. The number of hydrogen-bond acceptors (Lipinski definition) is 11.